The third-order valence-electron chi connectivity index (χ3n) is 7.26. The summed E-state index contributed by atoms with van der Waals surface area (Å²) in [6.45, 7) is 3.69. The lowest BCUT2D eigenvalue weighted by atomic mass is 10.0. The fourth-order valence-electron chi connectivity index (χ4n) is 5.42. The molecule has 6 rings (SSSR count). The van der Waals surface area contributed by atoms with Gasteiger partial charge in [0.2, 0.25) is 5.91 Å². The number of carbonyl (C=O) groups excluding carboxylic acids is 1. The number of amides is 1. The van der Waals surface area contributed by atoms with E-state index in [0.29, 0.717) is 35.7 Å². The Morgan fingerprint density at radius 1 is 1.22 bits per heavy atom. The maximum atomic E-state index is 13.2. The molecule has 8 nitrogen and oxygen atoms in total. The highest BCUT2D eigenvalue weighted by Crippen LogP contribution is 2.43. The van der Waals surface area contributed by atoms with E-state index in [1.54, 1.807) is 12.3 Å². The highest BCUT2D eigenvalue weighted by atomic mass is 16.5. The van der Waals surface area contributed by atoms with Gasteiger partial charge in [0.1, 0.15) is 23.6 Å². The second-order valence-corrected chi connectivity index (χ2v) is 9.64. The molecule has 3 aliphatic heterocycles. The number of aromatic nitrogens is 1. The van der Waals surface area contributed by atoms with Crippen molar-refractivity contribution in [3.8, 4) is 11.8 Å². The van der Waals surface area contributed by atoms with E-state index in [0.717, 1.165) is 67.7 Å². The standard InChI is InChI=1S/C29H29N5O3/c30-16-21-17-32-27-23(29(21)34-13-9-20-3-1-2-4-24(20)34)5-6-25(37-22-10-14-36-18-22)28(27)33-26(35)15-19-7-11-31-12-8-19/h1-6,15,17,22,31H,7-14,18H2,(H,33,35). The van der Waals surface area contributed by atoms with Crippen molar-refractivity contribution in [1.29, 1.82) is 5.26 Å². The van der Waals surface area contributed by atoms with Gasteiger partial charge in [0.15, 0.2) is 0 Å². The van der Waals surface area contributed by atoms with Crippen molar-refractivity contribution in [2.24, 2.45) is 0 Å². The molecule has 3 aromatic rings. The van der Waals surface area contributed by atoms with E-state index in [1.165, 1.54) is 5.56 Å². The largest absolute Gasteiger partial charge is 0.486 e. The maximum absolute atomic E-state index is 13.2. The summed E-state index contributed by atoms with van der Waals surface area (Å²) in [5.41, 5.74) is 5.90. The molecule has 2 aromatic carbocycles. The minimum Gasteiger partial charge on any atom is -0.486 e. The van der Waals surface area contributed by atoms with Crippen molar-refractivity contribution in [1.82, 2.24) is 10.3 Å². The SMILES string of the molecule is N#Cc1cnc2c(NC(=O)C=C3CCNCC3)c(OC3CCOC3)ccc2c1N1CCc2ccccc21. The third kappa shape index (κ3) is 4.64. The number of nitrogens with one attached hydrogen (secondary N) is 2. The van der Waals surface area contributed by atoms with Crippen LogP contribution in [0, 0.1) is 11.3 Å². The molecule has 0 saturated carbocycles. The van der Waals surface area contributed by atoms with Crippen molar-refractivity contribution >= 4 is 33.9 Å². The molecule has 4 heterocycles. The number of nitrogens with zero attached hydrogens (tertiary/aromatic N) is 3. The van der Waals surface area contributed by atoms with E-state index in [9.17, 15) is 10.1 Å². The Labute approximate surface area is 215 Å². The van der Waals surface area contributed by atoms with Crippen LogP contribution in [0.1, 0.15) is 30.4 Å². The number of hydrogen-bond acceptors (Lipinski definition) is 7. The summed E-state index contributed by atoms with van der Waals surface area (Å²) in [6.07, 6.45) is 6.62. The number of carbonyl (C=O) groups is 1. The van der Waals surface area contributed by atoms with Gasteiger partial charge < -0.3 is 25.0 Å². The number of hydrogen-bond donors (Lipinski definition) is 2. The van der Waals surface area contributed by atoms with Crippen LogP contribution in [0.5, 0.6) is 5.75 Å². The van der Waals surface area contributed by atoms with Crippen LogP contribution in [0.15, 0.2) is 54.2 Å². The molecule has 2 saturated heterocycles. The van der Waals surface area contributed by atoms with Gasteiger partial charge in [-0.3, -0.25) is 9.78 Å². The molecule has 8 heteroatoms. The van der Waals surface area contributed by atoms with Crippen LogP contribution in [0.4, 0.5) is 17.1 Å². The van der Waals surface area contributed by atoms with Gasteiger partial charge in [-0.2, -0.15) is 5.26 Å². The first kappa shape index (κ1) is 23.5. The Bertz CT molecular complexity index is 1410. The normalized spacial score (nSPS) is 18.9. The second-order valence-electron chi connectivity index (χ2n) is 9.64. The summed E-state index contributed by atoms with van der Waals surface area (Å²) >= 11 is 0. The van der Waals surface area contributed by atoms with Gasteiger partial charge in [-0.25, -0.2) is 0 Å². The highest BCUT2D eigenvalue weighted by molar-refractivity contribution is 6.10. The maximum Gasteiger partial charge on any atom is 0.248 e. The third-order valence-corrected chi connectivity index (χ3v) is 7.26. The fraction of sp³-hybridized carbons (Fsp3) is 0.345. The lowest BCUT2D eigenvalue weighted by molar-refractivity contribution is -0.112. The Morgan fingerprint density at radius 2 is 2.08 bits per heavy atom. The molecule has 1 unspecified atom stereocenters. The van der Waals surface area contributed by atoms with Crippen LogP contribution in [-0.4, -0.2) is 49.8 Å². The van der Waals surface area contributed by atoms with Gasteiger partial charge in [-0.05, 0) is 56.1 Å². The van der Waals surface area contributed by atoms with Gasteiger partial charge in [-0.1, -0.05) is 23.8 Å². The minimum atomic E-state index is -0.198. The molecular formula is C29H29N5O3. The minimum absolute atomic E-state index is 0.0841. The summed E-state index contributed by atoms with van der Waals surface area (Å²) in [7, 11) is 0. The number of para-hydroxylation sites is 1. The van der Waals surface area contributed by atoms with Crippen molar-refractivity contribution in [3.63, 3.8) is 0 Å². The van der Waals surface area contributed by atoms with Crippen LogP contribution in [0.2, 0.25) is 0 Å². The average molecular weight is 496 g/mol. The Hall–Kier alpha value is -3.93. The van der Waals surface area contributed by atoms with E-state index in [4.69, 9.17) is 9.47 Å². The zero-order chi connectivity index (χ0) is 25.2. The summed E-state index contributed by atoms with van der Waals surface area (Å²) < 4.78 is 11.8. The summed E-state index contributed by atoms with van der Waals surface area (Å²) in [5.74, 6) is 0.362. The van der Waals surface area contributed by atoms with Gasteiger partial charge >= 0.3 is 0 Å². The first-order valence-corrected chi connectivity index (χ1v) is 12.9. The number of benzene rings is 2. The molecule has 1 aromatic heterocycles. The molecule has 3 aliphatic rings. The average Bonchev–Trinajstić information content (AvgIpc) is 3.60. The molecule has 188 valence electrons. The first-order chi connectivity index (χ1) is 18.2. The first-order valence-electron chi connectivity index (χ1n) is 12.9. The van der Waals surface area contributed by atoms with Crippen molar-refractivity contribution < 1.29 is 14.3 Å². The van der Waals surface area contributed by atoms with Crippen LogP contribution in [-0.2, 0) is 16.0 Å². The van der Waals surface area contributed by atoms with Crippen molar-refractivity contribution in [3.05, 3.63) is 65.4 Å². The van der Waals surface area contributed by atoms with E-state index < -0.39 is 0 Å². The lowest BCUT2D eigenvalue weighted by Crippen LogP contribution is -2.24. The quantitative estimate of drug-likeness (QED) is 0.512. The van der Waals surface area contributed by atoms with Crippen LogP contribution in [0.3, 0.4) is 0 Å². The van der Waals surface area contributed by atoms with Gasteiger partial charge in [0.05, 0.1) is 30.0 Å². The molecule has 0 spiro atoms. The Morgan fingerprint density at radius 3 is 2.89 bits per heavy atom. The topological polar surface area (TPSA) is 99.5 Å². The number of pyridine rings is 1. The second kappa shape index (κ2) is 10.2. The van der Waals surface area contributed by atoms with Crippen LogP contribution >= 0.6 is 0 Å². The zero-order valence-corrected chi connectivity index (χ0v) is 20.6. The monoisotopic (exact) mass is 495 g/mol. The number of nitriles is 1. The fourth-order valence-corrected chi connectivity index (χ4v) is 5.42. The predicted molar refractivity (Wildman–Crippen MR) is 142 cm³/mol. The van der Waals surface area contributed by atoms with E-state index in [2.05, 4.69) is 38.7 Å². The van der Waals surface area contributed by atoms with Crippen LogP contribution < -0.4 is 20.3 Å². The highest BCUT2D eigenvalue weighted by Gasteiger charge is 2.27. The summed E-state index contributed by atoms with van der Waals surface area (Å²) in [6, 6.07) is 14.4. The molecule has 2 N–H and O–H groups in total. The Balaban J connectivity index is 1.46. The van der Waals surface area contributed by atoms with Crippen LogP contribution in [0.25, 0.3) is 10.9 Å². The molecule has 1 atom stereocenters. The van der Waals surface area contributed by atoms with Gasteiger partial charge in [-0.15, -0.1) is 0 Å². The van der Waals surface area contributed by atoms with Crippen molar-refractivity contribution in [2.45, 2.75) is 31.8 Å². The smallest absolute Gasteiger partial charge is 0.248 e. The molecule has 0 radical (unpaired) electrons. The molecule has 2 fully saturated rings. The van der Waals surface area contributed by atoms with Gasteiger partial charge in [0, 0.05) is 36.3 Å². The molecular weight excluding hydrogens is 466 g/mol. The number of rotatable bonds is 5. The lowest BCUT2D eigenvalue weighted by Gasteiger charge is -2.24. The number of fused-ring (bicyclic) bond motifs is 2. The van der Waals surface area contributed by atoms with Gasteiger partial charge in [0.25, 0.3) is 0 Å². The molecule has 1 amide bonds. The van der Waals surface area contributed by atoms with E-state index >= 15 is 0 Å². The van der Waals surface area contributed by atoms with E-state index in [1.807, 2.05) is 24.3 Å². The zero-order valence-electron chi connectivity index (χ0n) is 20.6. The predicted octanol–water partition coefficient (Wildman–Crippen LogP) is 4.22. The molecule has 0 aliphatic carbocycles. The molecule has 0 bridgehead atoms. The number of anilines is 3. The van der Waals surface area contributed by atoms with Crippen molar-refractivity contribution in [2.75, 3.05) is 43.1 Å². The Kier molecular flexibility index (Phi) is 6.47. The number of piperidine rings is 1. The van der Waals surface area contributed by atoms with E-state index in [-0.39, 0.29) is 12.0 Å². The molecule has 37 heavy (non-hydrogen) atoms. The number of ether oxygens (including phenoxy) is 2. The summed E-state index contributed by atoms with van der Waals surface area (Å²) in [4.78, 5) is 20.0. The summed E-state index contributed by atoms with van der Waals surface area (Å²) in [5, 5.41) is 17.2.